The zero-order valence-electron chi connectivity index (χ0n) is 10.2. The molecule has 0 saturated heterocycles. The van der Waals surface area contributed by atoms with E-state index in [0.29, 0.717) is 0 Å². The average molecular weight is 284 g/mol. The zero-order chi connectivity index (χ0) is 14.6. The van der Waals surface area contributed by atoms with E-state index in [1.54, 1.807) is 13.0 Å². The summed E-state index contributed by atoms with van der Waals surface area (Å²) in [5.41, 5.74) is -2.10. The molecule has 1 unspecified atom stereocenters. The second kappa shape index (κ2) is 5.63. The van der Waals surface area contributed by atoms with Gasteiger partial charge in [-0.15, -0.1) is 0 Å². The monoisotopic (exact) mass is 283 g/mol. The number of esters is 1. The molecule has 0 saturated carbocycles. The maximum absolute atomic E-state index is 11.8. The van der Waals surface area contributed by atoms with Gasteiger partial charge in [-0.1, -0.05) is 11.6 Å². The molecule has 0 aliphatic carbocycles. The van der Waals surface area contributed by atoms with Gasteiger partial charge in [-0.2, -0.15) is 5.26 Å². The summed E-state index contributed by atoms with van der Waals surface area (Å²) in [4.78, 5) is 25.4. The molecule has 1 aromatic rings. The van der Waals surface area contributed by atoms with Crippen molar-refractivity contribution in [1.29, 1.82) is 5.26 Å². The topological polar surface area (TPSA) is 106 Å². The van der Waals surface area contributed by atoms with Gasteiger partial charge in [0.15, 0.2) is 5.41 Å². The number of hydrogen-bond donors (Lipinski definition) is 0. The van der Waals surface area contributed by atoms with Crippen LogP contribution in [-0.2, 0) is 14.9 Å². The molecule has 0 bridgehead atoms. The lowest BCUT2D eigenvalue weighted by Crippen LogP contribution is -2.34. The highest BCUT2D eigenvalue weighted by molar-refractivity contribution is 6.31. The van der Waals surface area contributed by atoms with Gasteiger partial charge < -0.3 is 4.74 Å². The van der Waals surface area contributed by atoms with E-state index in [2.05, 4.69) is 4.98 Å². The minimum Gasteiger partial charge on any atom is -0.465 e. The van der Waals surface area contributed by atoms with Crippen molar-refractivity contribution in [2.75, 3.05) is 6.61 Å². The second-order valence-electron chi connectivity index (χ2n) is 3.74. The van der Waals surface area contributed by atoms with Crippen molar-refractivity contribution in [1.82, 2.24) is 4.98 Å². The smallest absolute Gasteiger partial charge is 0.332 e. The SMILES string of the molecule is CCOC(=O)C(C)(C#N)c1ncc([N+](=O)[O-])cc1Cl. The first-order valence-electron chi connectivity index (χ1n) is 5.25. The average Bonchev–Trinajstić information content (AvgIpc) is 2.37. The van der Waals surface area contributed by atoms with E-state index in [9.17, 15) is 14.9 Å². The number of nitro groups is 1. The Balaban J connectivity index is 3.31. The van der Waals surface area contributed by atoms with E-state index in [-0.39, 0.29) is 23.0 Å². The molecule has 0 amide bonds. The van der Waals surface area contributed by atoms with Crippen LogP contribution in [0, 0.1) is 21.4 Å². The summed E-state index contributed by atoms with van der Waals surface area (Å²) in [6.45, 7) is 2.99. The number of hydrogen-bond acceptors (Lipinski definition) is 6. The van der Waals surface area contributed by atoms with Gasteiger partial charge in [0, 0.05) is 6.07 Å². The third-order valence-corrected chi connectivity index (χ3v) is 2.71. The number of pyridine rings is 1. The van der Waals surface area contributed by atoms with Crippen molar-refractivity contribution >= 4 is 23.3 Å². The van der Waals surface area contributed by atoms with Gasteiger partial charge in [0.05, 0.1) is 28.3 Å². The van der Waals surface area contributed by atoms with E-state index in [1.807, 2.05) is 0 Å². The fourth-order valence-corrected chi connectivity index (χ4v) is 1.72. The number of aromatic nitrogens is 1. The number of ether oxygens (including phenoxy) is 1. The van der Waals surface area contributed by atoms with E-state index in [0.717, 1.165) is 12.3 Å². The van der Waals surface area contributed by atoms with Crippen molar-refractivity contribution in [2.24, 2.45) is 0 Å². The molecule has 1 heterocycles. The lowest BCUT2D eigenvalue weighted by molar-refractivity contribution is -0.385. The van der Waals surface area contributed by atoms with Crippen molar-refractivity contribution in [3.05, 3.63) is 33.1 Å². The molecule has 0 aromatic carbocycles. The van der Waals surface area contributed by atoms with Crippen LogP contribution in [0.1, 0.15) is 19.5 Å². The van der Waals surface area contributed by atoms with Gasteiger partial charge in [-0.05, 0) is 13.8 Å². The molecule has 7 nitrogen and oxygen atoms in total. The summed E-state index contributed by atoms with van der Waals surface area (Å²) >= 11 is 5.86. The summed E-state index contributed by atoms with van der Waals surface area (Å²) in [5, 5.41) is 19.6. The Kier molecular flexibility index (Phi) is 4.40. The summed E-state index contributed by atoms with van der Waals surface area (Å²) in [5.74, 6) is -0.805. The standard InChI is InChI=1S/C11H10ClN3O4/c1-3-19-10(16)11(2,6-13)9-8(12)4-7(5-14-9)15(17)18/h4-5H,3H2,1-2H3. The third-order valence-electron chi connectivity index (χ3n) is 2.42. The van der Waals surface area contributed by atoms with Crippen LogP contribution >= 0.6 is 11.6 Å². The van der Waals surface area contributed by atoms with Gasteiger partial charge in [0.2, 0.25) is 0 Å². The Bertz CT molecular complexity index is 570. The molecule has 100 valence electrons. The van der Waals surface area contributed by atoms with Gasteiger partial charge in [-0.3, -0.25) is 15.1 Å². The molecular formula is C11H10ClN3O4. The number of carbonyl (C=O) groups excluding carboxylic acids is 1. The second-order valence-corrected chi connectivity index (χ2v) is 4.15. The molecule has 0 fully saturated rings. The van der Waals surface area contributed by atoms with Crippen molar-refractivity contribution in [3.8, 4) is 6.07 Å². The van der Waals surface area contributed by atoms with Crippen LogP contribution in [0.2, 0.25) is 5.02 Å². The van der Waals surface area contributed by atoms with Crippen LogP contribution in [0.4, 0.5) is 5.69 Å². The quantitative estimate of drug-likeness (QED) is 0.475. The summed E-state index contributed by atoms with van der Waals surface area (Å²) in [6, 6.07) is 2.82. The number of nitriles is 1. The Morgan fingerprint density at radius 3 is 2.79 bits per heavy atom. The molecule has 1 aromatic heterocycles. The largest absolute Gasteiger partial charge is 0.465 e. The van der Waals surface area contributed by atoms with Crippen LogP contribution in [0.3, 0.4) is 0 Å². The summed E-state index contributed by atoms with van der Waals surface area (Å²) in [7, 11) is 0. The van der Waals surface area contributed by atoms with Crippen molar-refractivity contribution < 1.29 is 14.5 Å². The highest BCUT2D eigenvalue weighted by atomic mass is 35.5. The van der Waals surface area contributed by atoms with Crippen molar-refractivity contribution in [2.45, 2.75) is 19.3 Å². The molecule has 1 atom stereocenters. The molecule has 0 aliphatic rings. The van der Waals surface area contributed by atoms with Crippen molar-refractivity contribution in [3.63, 3.8) is 0 Å². The zero-order valence-corrected chi connectivity index (χ0v) is 11.0. The first-order valence-corrected chi connectivity index (χ1v) is 5.63. The summed E-state index contributed by atoms with van der Waals surface area (Å²) < 4.78 is 4.79. The maximum atomic E-state index is 11.8. The Labute approximate surface area is 113 Å². The van der Waals surface area contributed by atoms with E-state index < -0.39 is 16.3 Å². The first kappa shape index (κ1) is 14.9. The molecule has 0 aliphatic heterocycles. The lowest BCUT2D eigenvalue weighted by Gasteiger charge is -2.19. The lowest BCUT2D eigenvalue weighted by atomic mass is 9.88. The molecule has 19 heavy (non-hydrogen) atoms. The number of nitrogens with zero attached hydrogens (tertiary/aromatic N) is 3. The molecule has 0 spiro atoms. The molecule has 8 heteroatoms. The molecular weight excluding hydrogens is 274 g/mol. The van der Waals surface area contributed by atoms with E-state index in [1.165, 1.54) is 6.92 Å². The molecule has 1 rings (SSSR count). The minimum absolute atomic E-state index is 0.0688. The molecule has 0 radical (unpaired) electrons. The Hall–Kier alpha value is -2.20. The van der Waals surface area contributed by atoms with Gasteiger partial charge in [0.1, 0.15) is 6.20 Å². The van der Waals surface area contributed by atoms with E-state index >= 15 is 0 Å². The fourth-order valence-electron chi connectivity index (χ4n) is 1.37. The highest BCUT2D eigenvalue weighted by Crippen LogP contribution is 2.31. The third kappa shape index (κ3) is 2.80. The predicted molar refractivity (Wildman–Crippen MR) is 65.5 cm³/mol. The van der Waals surface area contributed by atoms with Crippen LogP contribution in [0.25, 0.3) is 0 Å². The van der Waals surface area contributed by atoms with Gasteiger partial charge >= 0.3 is 5.97 Å². The van der Waals surface area contributed by atoms with Crippen LogP contribution in [0.15, 0.2) is 12.3 Å². The predicted octanol–water partition coefficient (Wildman–Crippen LogP) is 1.99. The van der Waals surface area contributed by atoms with Crippen LogP contribution < -0.4 is 0 Å². The highest BCUT2D eigenvalue weighted by Gasteiger charge is 2.41. The normalized spacial score (nSPS) is 13.2. The summed E-state index contributed by atoms with van der Waals surface area (Å²) in [6.07, 6.45) is 0.941. The Morgan fingerprint density at radius 2 is 2.37 bits per heavy atom. The number of rotatable bonds is 4. The van der Waals surface area contributed by atoms with Gasteiger partial charge in [-0.25, -0.2) is 4.79 Å². The first-order chi connectivity index (χ1) is 8.86. The molecule has 0 N–H and O–H groups in total. The maximum Gasteiger partial charge on any atom is 0.332 e. The van der Waals surface area contributed by atoms with Crippen LogP contribution in [0.5, 0.6) is 0 Å². The van der Waals surface area contributed by atoms with Gasteiger partial charge in [0.25, 0.3) is 5.69 Å². The number of halogens is 1. The number of carbonyl (C=O) groups is 1. The van der Waals surface area contributed by atoms with Crippen LogP contribution in [-0.4, -0.2) is 22.5 Å². The fraction of sp³-hybridized carbons (Fsp3) is 0.364. The Morgan fingerprint density at radius 1 is 1.74 bits per heavy atom. The van der Waals surface area contributed by atoms with E-state index in [4.69, 9.17) is 21.6 Å². The minimum atomic E-state index is -1.71.